The van der Waals surface area contributed by atoms with Gasteiger partial charge in [0.15, 0.2) is 0 Å². The Morgan fingerprint density at radius 1 is 0.656 bits per heavy atom. The molecule has 0 aliphatic carbocycles. The molecule has 0 unspecified atom stereocenters. The van der Waals surface area contributed by atoms with Gasteiger partial charge in [0.05, 0.1) is 12.8 Å². The first-order chi connectivity index (χ1) is 15.6. The van der Waals surface area contributed by atoms with E-state index in [9.17, 15) is 9.59 Å². The quantitative estimate of drug-likeness (QED) is 0.267. The Labute approximate surface area is 209 Å². The molecule has 0 radical (unpaired) electrons. The van der Waals surface area contributed by atoms with Gasteiger partial charge in [0, 0.05) is 34.8 Å². The second-order valence-corrected chi connectivity index (χ2v) is 11.8. The predicted octanol–water partition coefficient (Wildman–Crippen LogP) is 4.78. The van der Waals surface area contributed by atoms with E-state index in [0.29, 0.717) is 25.9 Å². The van der Waals surface area contributed by atoms with Crippen LogP contribution in [0, 0.1) is 0 Å². The summed E-state index contributed by atoms with van der Waals surface area (Å²) < 4.78 is 0. The zero-order valence-corrected chi connectivity index (χ0v) is 22.0. The molecule has 0 fully saturated rings. The largest absolute Gasteiger partial charge is 0.355 e. The van der Waals surface area contributed by atoms with Gasteiger partial charge in [0.2, 0.25) is 11.8 Å². The first kappa shape index (κ1) is 27.0. The number of hydrogen-bond donors (Lipinski definition) is 2. The van der Waals surface area contributed by atoms with Gasteiger partial charge in [-0.3, -0.25) is 9.59 Å². The molecular weight excluding hydrogens is 477 g/mol. The fourth-order valence-electron chi connectivity index (χ4n) is 2.94. The Balaban J connectivity index is 1.76. The lowest BCUT2D eigenvalue weighted by Crippen LogP contribution is -2.27. The van der Waals surface area contributed by atoms with Gasteiger partial charge in [0.1, 0.15) is 0 Å². The van der Waals surface area contributed by atoms with Crippen LogP contribution >= 0.6 is 47.0 Å². The van der Waals surface area contributed by atoms with Crippen LogP contribution in [0.1, 0.15) is 11.1 Å². The molecule has 0 atom stereocenters. The van der Waals surface area contributed by atoms with E-state index in [1.165, 1.54) is 0 Å². The number of nitrogens with one attached hydrogen (secondary N) is 2. The molecule has 2 N–H and O–H groups in total. The highest BCUT2D eigenvalue weighted by molar-refractivity contribution is 8.16. The van der Waals surface area contributed by atoms with Gasteiger partial charge >= 0.3 is 0 Å². The monoisotopic (exact) mass is 508 g/mol. The first-order valence-electron chi connectivity index (χ1n) is 10.5. The lowest BCUT2D eigenvalue weighted by molar-refractivity contribution is -0.121. The molecule has 8 heteroatoms. The van der Waals surface area contributed by atoms with E-state index in [2.05, 4.69) is 23.1 Å². The van der Waals surface area contributed by atoms with Crippen molar-refractivity contribution in [2.45, 2.75) is 12.8 Å². The molecule has 32 heavy (non-hydrogen) atoms. The fourth-order valence-corrected chi connectivity index (χ4v) is 5.70. The SMILES string of the molecule is CSCSCCNC(=O)Cc1ccc(-c2ccc(CC(=O)NCCSCSC)cc2)cc1. The van der Waals surface area contributed by atoms with Crippen LogP contribution in [0.5, 0.6) is 0 Å². The highest BCUT2D eigenvalue weighted by Crippen LogP contribution is 2.21. The third-order valence-electron chi connectivity index (χ3n) is 4.51. The van der Waals surface area contributed by atoms with Gasteiger partial charge in [0.25, 0.3) is 0 Å². The van der Waals surface area contributed by atoms with Crippen molar-refractivity contribution in [3.63, 3.8) is 0 Å². The third-order valence-corrected chi connectivity index (χ3v) is 8.71. The normalized spacial score (nSPS) is 10.7. The van der Waals surface area contributed by atoms with Gasteiger partial charge in [-0.2, -0.15) is 23.5 Å². The summed E-state index contributed by atoms with van der Waals surface area (Å²) in [6.07, 6.45) is 4.96. The Bertz CT molecular complexity index is 744. The number of benzene rings is 2. The lowest BCUT2D eigenvalue weighted by atomic mass is 10.0. The van der Waals surface area contributed by atoms with Gasteiger partial charge in [-0.1, -0.05) is 48.5 Å². The van der Waals surface area contributed by atoms with Crippen molar-refractivity contribution in [1.29, 1.82) is 0 Å². The highest BCUT2D eigenvalue weighted by Gasteiger charge is 2.06. The zero-order valence-electron chi connectivity index (χ0n) is 18.7. The molecule has 2 aromatic rings. The van der Waals surface area contributed by atoms with Crippen LogP contribution in [0.4, 0.5) is 0 Å². The average Bonchev–Trinajstić information content (AvgIpc) is 2.80. The van der Waals surface area contributed by atoms with Crippen LogP contribution in [0.2, 0.25) is 0 Å². The molecule has 0 bridgehead atoms. The maximum Gasteiger partial charge on any atom is 0.224 e. The lowest BCUT2D eigenvalue weighted by Gasteiger charge is -2.08. The Kier molecular flexibility index (Phi) is 13.9. The Hall–Kier alpha value is -1.22. The summed E-state index contributed by atoms with van der Waals surface area (Å²) in [6.45, 7) is 1.42. The van der Waals surface area contributed by atoms with Crippen molar-refractivity contribution in [3.8, 4) is 11.1 Å². The van der Waals surface area contributed by atoms with Crippen LogP contribution in [-0.4, -0.2) is 59.1 Å². The van der Waals surface area contributed by atoms with Crippen molar-refractivity contribution < 1.29 is 9.59 Å². The summed E-state index contributed by atoms with van der Waals surface area (Å²) in [5.74, 6) is 2.02. The minimum atomic E-state index is 0.0629. The molecule has 0 saturated heterocycles. The minimum absolute atomic E-state index is 0.0629. The van der Waals surface area contributed by atoms with Crippen molar-refractivity contribution in [2.75, 3.05) is 47.3 Å². The van der Waals surface area contributed by atoms with Crippen LogP contribution in [-0.2, 0) is 22.4 Å². The van der Waals surface area contributed by atoms with Crippen molar-refractivity contribution in [3.05, 3.63) is 59.7 Å². The second-order valence-electron chi connectivity index (χ2n) is 7.08. The number of amides is 2. The topological polar surface area (TPSA) is 58.2 Å². The molecule has 0 saturated carbocycles. The van der Waals surface area contributed by atoms with Crippen LogP contribution < -0.4 is 10.6 Å². The van der Waals surface area contributed by atoms with Gasteiger partial charge < -0.3 is 10.6 Å². The van der Waals surface area contributed by atoms with E-state index in [1.807, 2.05) is 72.1 Å². The minimum Gasteiger partial charge on any atom is -0.355 e. The Morgan fingerprint density at radius 2 is 1.03 bits per heavy atom. The maximum absolute atomic E-state index is 12.1. The summed E-state index contributed by atoms with van der Waals surface area (Å²) >= 11 is 7.27. The summed E-state index contributed by atoms with van der Waals surface area (Å²) in [7, 11) is 0. The summed E-state index contributed by atoms with van der Waals surface area (Å²) in [6, 6.07) is 16.2. The van der Waals surface area contributed by atoms with E-state index < -0.39 is 0 Å². The number of rotatable bonds is 15. The summed E-state index contributed by atoms with van der Waals surface area (Å²) in [5, 5.41) is 8.07. The molecule has 0 heterocycles. The molecule has 0 spiro atoms. The number of thioether (sulfide) groups is 4. The van der Waals surface area contributed by atoms with Gasteiger partial charge in [-0.25, -0.2) is 0 Å². The maximum atomic E-state index is 12.1. The molecule has 4 nitrogen and oxygen atoms in total. The zero-order chi connectivity index (χ0) is 23.0. The highest BCUT2D eigenvalue weighted by atomic mass is 32.2. The number of carbonyl (C=O) groups is 2. The van der Waals surface area contributed by atoms with Crippen molar-refractivity contribution in [1.82, 2.24) is 10.6 Å². The molecule has 0 aromatic heterocycles. The van der Waals surface area contributed by atoms with Crippen molar-refractivity contribution in [2.24, 2.45) is 0 Å². The third kappa shape index (κ3) is 11.1. The molecule has 2 amide bonds. The van der Waals surface area contributed by atoms with Crippen molar-refractivity contribution >= 4 is 58.9 Å². The number of carbonyl (C=O) groups excluding carboxylic acids is 2. The first-order valence-corrected chi connectivity index (χ1v) is 15.6. The van der Waals surface area contributed by atoms with E-state index in [4.69, 9.17) is 0 Å². The van der Waals surface area contributed by atoms with E-state index in [0.717, 1.165) is 43.9 Å². The molecule has 0 aliphatic rings. The van der Waals surface area contributed by atoms with E-state index >= 15 is 0 Å². The second kappa shape index (κ2) is 16.4. The molecule has 2 aromatic carbocycles. The predicted molar refractivity (Wildman–Crippen MR) is 147 cm³/mol. The van der Waals surface area contributed by atoms with E-state index in [-0.39, 0.29) is 11.8 Å². The number of hydrogen-bond acceptors (Lipinski definition) is 6. The van der Waals surface area contributed by atoms with Gasteiger partial charge in [-0.15, -0.1) is 23.5 Å². The van der Waals surface area contributed by atoms with E-state index in [1.54, 1.807) is 23.5 Å². The fraction of sp³-hybridized carbons (Fsp3) is 0.417. The Morgan fingerprint density at radius 3 is 1.38 bits per heavy atom. The molecule has 2 rings (SSSR count). The van der Waals surface area contributed by atoms with Crippen LogP contribution in [0.15, 0.2) is 48.5 Å². The smallest absolute Gasteiger partial charge is 0.224 e. The van der Waals surface area contributed by atoms with Crippen LogP contribution in [0.3, 0.4) is 0 Å². The standard InChI is InChI=1S/C24H32N2O2S4/c1-29-17-31-13-11-25-23(27)15-19-3-7-21(8-4-19)22-9-5-20(6-10-22)16-24(28)26-12-14-32-18-30-2/h3-10H,11-18H2,1-2H3,(H,25,27)(H,26,28). The summed E-state index contributed by atoms with van der Waals surface area (Å²) in [4.78, 5) is 24.2. The van der Waals surface area contributed by atoms with Crippen LogP contribution in [0.25, 0.3) is 11.1 Å². The summed E-state index contributed by atoms with van der Waals surface area (Å²) in [5.41, 5.74) is 4.22. The van der Waals surface area contributed by atoms with Gasteiger partial charge in [-0.05, 0) is 34.8 Å². The average molecular weight is 509 g/mol. The molecular formula is C24H32N2O2S4. The molecule has 0 aliphatic heterocycles. The molecule has 174 valence electrons.